The van der Waals surface area contributed by atoms with Crippen LogP contribution in [0.3, 0.4) is 0 Å². The van der Waals surface area contributed by atoms with E-state index in [0.29, 0.717) is 6.42 Å². The molecular weight excluding hydrogens is 372 g/mol. The first-order valence-corrected chi connectivity index (χ1v) is 11.1. The van der Waals surface area contributed by atoms with Crippen molar-refractivity contribution < 1.29 is 9.59 Å². The summed E-state index contributed by atoms with van der Waals surface area (Å²) in [5, 5.41) is 2.88. The zero-order valence-corrected chi connectivity index (χ0v) is 18.7. The van der Waals surface area contributed by atoms with E-state index in [0.717, 1.165) is 42.5 Å². The quantitative estimate of drug-likeness (QED) is 0.729. The van der Waals surface area contributed by atoms with Gasteiger partial charge in [-0.05, 0) is 24.8 Å². The van der Waals surface area contributed by atoms with E-state index in [1.807, 2.05) is 70.2 Å². The molecule has 0 saturated carbocycles. The second-order valence-electron chi connectivity index (χ2n) is 7.42. The van der Waals surface area contributed by atoms with Gasteiger partial charge < -0.3 is 5.32 Å². The summed E-state index contributed by atoms with van der Waals surface area (Å²) >= 11 is 0. The van der Waals surface area contributed by atoms with Gasteiger partial charge in [0.2, 0.25) is 5.91 Å². The molecule has 0 aromatic heterocycles. The van der Waals surface area contributed by atoms with E-state index < -0.39 is 6.17 Å². The lowest BCUT2D eigenvalue weighted by atomic mass is 9.92. The molecule has 1 aliphatic heterocycles. The fourth-order valence-electron chi connectivity index (χ4n) is 3.51. The van der Waals surface area contributed by atoms with Crippen LogP contribution in [0.4, 0.5) is 0 Å². The topological polar surface area (TPSA) is 58.5 Å². The standard InChI is InChI=1S/C24H28N2O2.C2H6/c1-3-4-14-21(27)25-24-23(28)17(2)15-16-18-10-8-9-13-20(18)22(26-24)19-11-6-5-7-12-19;1-2/h5-13,17,24H,3-4,14-16H2,1-2H3,(H,25,27);1-2H3/b26-22-;/t17?,24-;/m1./s1. The number of ketones is 1. The lowest BCUT2D eigenvalue weighted by Crippen LogP contribution is -2.42. The van der Waals surface area contributed by atoms with Crippen LogP contribution in [0, 0.1) is 5.92 Å². The Bertz CT molecular complexity index is 858. The first-order valence-electron chi connectivity index (χ1n) is 11.1. The number of nitrogens with zero attached hydrogens (tertiary/aromatic N) is 1. The lowest BCUT2D eigenvalue weighted by molar-refractivity contribution is -0.129. The summed E-state index contributed by atoms with van der Waals surface area (Å²) in [6, 6.07) is 18.1. The fraction of sp³-hybridized carbons (Fsp3) is 0.423. The van der Waals surface area contributed by atoms with Crippen LogP contribution < -0.4 is 5.32 Å². The van der Waals surface area contributed by atoms with E-state index in [4.69, 9.17) is 4.99 Å². The maximum Gasteiger partial charge on any atom is 0.221 e. The molecule has 1 aliphatic rings. The van der Waals surface area contributed by atoms with Crippen LogP contribution in [-0.2, 0) is 16.0 Å². The summed E-state index contributed by atoms with van der Waals surface area (Å²) in [6.07, 6.45) is 2.87. The number of aryl methyl sites for hydroxylation is 1. The number of Topliss-reactive ketones (excluding diaryl/α,β-unsaturated/α-hetero) is 1. The molecule has 1 heterocycles. The molecule has 0 spiro atoms. The highest BCUT2D eigenvalue weighted by atomic mass is 16.2. The van der Waals surface area contributed by atoms with Gasteiger partial charge in [-0.15, -0.1) is 0 Å². The zero-order chi connectivity index (χ0) is 21.9. The average Bonchev–Trinajstić information content (AvgIpc) is 2.84. The molecule has 0 radical (unpaired) electrons. The fourth-order valence-corrected chi connectivity index (χ4v) is 3.51. The maximum absolute atomic E-state index is 13.1. The number of benzene rings is 2. The summed E-state index contributed by atoms with van der Waals surface area (Å²) in [5.41, 5.74) is 3.93. The van der Waals surface area contributed by atoms with Crippen LogP contribution in [0.25, 0.3) is 0 Å². The Hall–Kier alpha value is -2.75. The summed E-state index contributed by atoms with van der Waals surface area (Å²) < 4.78 is 0. The van der Waals surface area contributed by atoms with Gasteiger partial charge in [0, 0.05) is 23.5 Å². The van der Waals surface area contributed by atoms with Crippen LogP contribution in [-0.4, -0.2) is 23.6 Å². The molecule has 3 rings (SSSR count). The van der Waals surface area contributed by atoms with Crippen LogP contribution in [0.2, 0.25) is 0 Å². The maximum atomic E-state index is 13.1. The number of unbranched alkanes of at least 4 members (excludes halogenated alkanes) is 1. The molecule has 0 bridgehead atoms. The van der Waals surface area contributed by atoms with Crippen molar-refractivity contribution in [1.82, 2.24) is 5.32 Å². The molecule has 0 aliphatic carbocycles. The van der Waals surface area contributed by atoms with Crippen molar-refractivity contribution in [2.45, 2.75) is 66.0 Å². The Morgan fingerprint density at radius 2 is 1.73 bits per heavy atom. The van der Waals surface area contributed by atoms with Gasteiger partial charge in [0.25, 0.3) is 0 Å². The minimum atomic E-state index is -0.847. The molecule has 0 saturated heterocycles. The first kappa shape index (κ1) is 23.5. The molecule has 4 heteroatoms. The van der Waals surface area contributed by atoms with Crippen LogP contribution in [0.15, 0.2) is 59.6 Å². The zero-order valence-electron chi connectivity index (χ0n) is 18.7. The third-order valence-electron chi connectivity index (χ3n) is 5.23. The molecule has 1 N–H and O–H groups in total. The minimum absolute atomic E-state index is 0.0221. The van der Waals surface area contributed by atoms with Gasteiger partial charge in [0.05, 0.1) is 5.71 Å². The molecule has 30 heavy (non-hydrogen) atoms. The predicted molar refractivity (Wildman–Crippen MR) is 124 cm³/mol. The average molecular weight is 407 g/mol. The number of fused-ring (bicyclic) bond motifs is 1. The Labute approximate surface area is 180 Å². The second-order valence-corrected chi connectivity index (χ2v) is 7.42. The Morgan fingerprint density at radius 1 is 1.07 bits per heavy atom. The van der Waals surface area contributed by atoms with Crippen molar-refractivity contribution in [3.05, 3.63) is 71.3 Å². The monoisotopic (exact) mass is 406 g/mol. The number of nitrogens with one attached hydrogen (secondary N) is 1. The molecular formula is C26H34N2O2. The minimum Gasteiger partial charge on any atom is -0.328 e. The molecule has 1 amide bonds. The van der Waals surface area contributed by atoms with Crippen LogP contribution >= 0.6 is 0 Å². The summed E-state index contributed by atoms with van der Waals surface area (Å²) in [4.78, 5) is 30.3. The van der Waals surface area contributed by atoms with Gasteiger partial charge in [-0.1, -0.05) is 88.7 Å². The predicted octanol–water partition coefficient (Wildman–Crippen LogP) is 5.33. The number of aliphatic imine (C=N–C) groups is 1. The smallest absolute Gasteiger partial charge is 0.221 e. The Kier molecular flexibility index (Phi) is 9.46. The number of hydrogen-bond acceptors (Lipinski definition) is 3. The highest BCUT2D eigenvalue weighted by molar-refractivity contribution is 6.14. The van der Waals surface area contributed by atoms with Crippen molar-refractivity contribution in [2.75, 3.05) is 0 Å². The summed E-state index contributed by atoms with van der Waals surface area (Å²) in [5.74, 6) is -0.300. The van der Waals surface area contributed by atoms with E-state index in [2.05, 4.69) is 17.4 Å². The van der Waals surface area contributed by atoms with Crippen molar-refractivity contribution in [3.63, 3.8) is 0 Å². The Balaban J connectivity index is 0.00000155. The van der Waals surface area contributed by atoms with Gasteiger partial charge in [0.1, 0.15) is 0 Å². The number of rotatable bonds is 5. The van der Waals surface area contributed by atoms with Crippen molar-refractivity contribution in [3.8, 4) is 0 Å². The van der Waals surface area contributed by atoms with Crippen molar-refractivity contribution in [2.24, 2.45) is 10.9 Å². The normalized spacial score (nSPS) is 20.3. The number of carbonyl (C=O) groups is 2. The van der Waals surface area contributed by atoms with Crippen molar-refractivity contribution in [1.29, 1.82) is 0 Å². The Morgan fingerprint density at radius 3 is 2.43 bits per heavy atom. The van der Waals surface area contributed by atoms with Gasteiger partial charge >= 0.3 is 0 Å². The third kappa shape index (κ3) is 6.12. The van der Waals surface area contributed by atoms with E-state index in [1.165, 1.54) is 5.56 Å². The third-order valence-corrected chi connectivity index (χ3v) is 5.23. The molecule has 2 atom stereocenters. The van der Waals surface area contributed by atoms with Gasteiger partial charge in [-0.3, -0.25) is 14.6 Å². The van der Waals surface area contributed by atoms with E-state index >= 15 is 0 Å². The van der Waals surface area contributed by atoms with Crippen LogP contribution in [0.1, 0.15) is 70.1 Å². The summed E-state index contributed by atoms with van der Waals surface area (Å²) in [7, 11) is 0. The number of amides is 1. The molecule has 0 fully saturated rings. The van der Waals surface area contributed by atoms with E-state index in [1.54, 1.807) is 0 Å². The number of hydrogen-bond donors (Lipinski definition) is 1. The lowest BCUT2D eigenvalue weighted by Gasteiger charge is -2.18. The molecule has 2 aromatic rings. The van der Waals surface area contributed by atoms with E-state index in [-0.39, 0.29) is 17.6 Å². The van der Waals surface area contributed by atoms with Crippen molar-refractivity contribution >= 4 is 17.4 Å². The highest BCUT2D eigenvalue weighted by Crippen LogP contribution is 2.23. The highest BCUT2D eigenvalue weighted by Gasteiger charge is 2.28. The van der Waals surface area contributed by atoms with Gasteiger partial charge in [0.15, 0.2) is 11.9 Å². The first-order chi connectivity index (χ1) is 14.6. The molecule has 1 unspecified atom stereocenters. The summed E-state index contributed by atoms with van der Waals surface area (Å²) in [6.45, 7) is 7.97. The SMILES string of the molecule is CC.CCCCC(=O)N[C@@H]1/N=C(/c2ccccc2)c2ccccc2CCC(C)C1=O. The van der Waals surface area contributed by atoms with Crippen LogP contribution in [0.5, 0.6) is 0 Å². The molecule has 160 valence electrons. The van der Waals surface area contributed by atoms with Gasteiger partial charge in [-0.25, -0.2) is 0 Å². The molecule has 4 nitrogen and oxygen atoms in total. The van der Waals surface area contributed by atoms with Gasteiger partial charge in [-0.2, -0.15) is 0 Å². The largest absolute Gasteiger partial charge is 0.328 e. The number of carbonyl (C=O) groups excluding carboxylic acids is 2. The second kappa shape index (κ2) is 12.1. The van der Waals surface area contributed by atoms with E-state index in [9.17, 15) is 9.59 Å². The molecule has 2 aromatic carbocycles.